The van der Waals surface area contributed by atoms with Crippen LogP contribution in [-0.4, -0.2) is 65.2 Å². The van der Waals surface area contributed by atoms with Crippen LogP contribution in [0.1, 0.15) is 56.7 Å². The summed E-state index contributed by atoms with van der Waals surface area (Å²) in [6.07, 6.45) is 4.84. The fourth-order valence-electron chi connectivity index (χ4n) is 3.75. The van der Waals surface area contributed by atoms with E-state index >= 15 is 0 Å². The third-order valence-electron chi connectivity index (χ3n) is 5.40. The molecule has 0 spiro atoms. The Labute approximate surface area is 155 Å². The van der Waals surface area contributed by atoms with Crippen molar-refractivity contribution in [1.29, 1.82) is 0 Å². The fourth-order valence-corrected chi connectivity index (χ4v) is 3.75. The van der Waals surface area contributed by atoms with Crippen LogP contribution in [-0.2, 0) is 0 Å². The van der Waals surface area contributed by atoms with Gasteiger partial charge < -0.3 is 14.7 Å². The van der Waals surface area contributed by atoms with Crippen LogP contribution in [0.4, 0.5) is 4.79 Å². The van der Waals surface area contributed by atoms with Gasteiger partial charge >= 0.3 is 6.03 Å². The topological polar surface area (TPSA) is 74.5 Å². The van der Waals surface area contributed by atoms with Crippen molar-refractivity contribution in [3.63, 3.8) is 0 Å². The number of aromatic nitrogens is 2. The molecule has 2 aliphatic rings. The van der Waals surface area contributed by atoms with E-state index in [1.165, 1.54) is 0 Å². The van der Waals surface area contributed by atoms with Gasteiger partial charge in [0.25, 0.3) is 0 Å². The van der Waals surface area contributed by atoms with Crippen molar-refractivity contribution in [1.82, 2.24) is 25.3 Å². The molecular weight excluding hydrogens is 330 g/mol. The number of nitrogens with one attached hydrogen (secondary N) is 1. The van der Waals surface area contributed by atoms with Gasteiger partial charge in [0.2, 0.25) is 5.89 Å². The van der Waals surface area contributed by atoms with Crippen LogP contribution in [0.25, 0.3) is 0 Å². The second kappa shape index (κ2) is 8.66. The molecule has 0 bridgehead atoms. The molecule has 1 N–H and O–H groups in total. The van der Waals surface area contributed by atoms with Crippen molar-refractivity contribution in [3.05, 3.63) is 24.4 Å². The van der Waals surface area contributed by atoms with Gasteiger partial charge in [-0.1, -0.05) is 25.1 Å². The lowest BCUT2D eigenvalue weighted by atomic mass is 9.97. The summed E-state index contributed by atoms with van der Waals surface area (Å²) in [5.74, 6) is 2.58. The van der Waals surface area contributed by atoms with Gasteiger partial charge in [-0.25, -0.2) is 4.79 Å². The van der Waals surface area contributed by atoms with Crippen LogP contribution in [0.5, 0.6) is 0 Å². The average Bonchev–Trinajstić information content (AvgIpc) is 3.30. The van der Waals surface area contributed by atoms with E-state index in [0.717, 1.165) is 70.2 Å². The lowest BCUT2D eigenvalue weighted by molar-refractivity contribution is 0.173. The highest BCUT2D eigenvalue weighted by atomic mass is 16.5. The van der Waals surface area contributed by atoms with E-state index in [0.29, 0.717) is 5.92 Å². The van der Waals surface area contributed by atoms with Crippen molar-refractivity contribution in [2.24, 2.45) is 5.92 Å². The number of hydrogen-bond acceptors (Lipinski definition) is 5. The third kappa shape index (κ3) is 4.63. The monoisotopic (exact) mass is 361 g/mol. The molecule has 1 atom stereocenters. The minimum absolute atomic E-state index is 0.0546. The van der Waals surface area contributed by atoms with Crippen LogP contribution in [0.3, 0.4) is 0 Å². The summed E-state index contributed by atoms with van der Waals surface area (Å²) in [5, 5.41) is 7.16. The Morgan fingerprint density at radius 1 is 1.35 bits per heavy atom. The summed E-state index contributed by atoms with van der Waals surface area (Å²) in [7, 11) is 0. The maximum Gasteiger partial charge on any atom is 0.317 e. The van der Waals surface area contributed by atoms with Crippen LogP contribution >= 0.6 is 0 Å². The lowest BCUT2D eigenvalue weighted by Crippen LogP contribution is -2.45. The van der Waals surface area contributed by atoms with Gasteiger partial charge in [0.05, 0.1) is 0 Å². The van der Waals surface area contributed by atoms with E-state index in [4.69, 9.17) is 4.52 Å². The van der Waals surface area contributed by atoms with Crippen molar-refractivity contribution >= 4 is 6.03 Å². The molecule has 3 heterocycles. The lowest BCUT2D eigenvalue weighted by Gasteiger charge is -2.30. The van der Waals surface area contributed by atoms with E-state index in [1.54, 1.807) is 0 Å². The first kappa shape index (κ1) is 18.9. The smallest absolute Gasteiger partial charge is 0.317 e. The summed E-state index contributed by atoms with van der Waals surface area (Å²) in [4.78, 5) is 21.2. The highest BCUT2D eigenvalue weighted by Gasteiger charge is 2.28. The number of amides is 2. The molecule has 7 nitrogen and oxygen atoms in total. The van der Waals surface area contributed by atoms with E-state index in [1.807, 2.05) is 11.0 Å². The number of urea groups is 1. The summed E-state index contributed by atoms with van der Waals surface area (Å²) in [5.41, 5.74) is 0. The maximum atomic E-state index is 12.4. The molecule has 26 heavy (non-hydrogen) atoms. The normalized spacial score (nSPS) is 22.1. The number of nitrogens with zero attached hydrogens (tertiary/aromatic N) is 4. The molecule has 2 amide bonds. The second-order valence-corrected chi connectivity index (χ2v) is 7.80. The number of hydrogen-bond donors (Lipinski definition) is 1. The highest BCUT2D eigenvalue weighted by Crippen LogP contribution is 2.27. The van der Waals surface area contributed by atoms with Crippen LogP contribution in [0.15, 0.2) is 17.2 Å². The van der Waals surface area contributed by atoms with Gasteiger partial charge in [-0.3, -0.25) is 4.90 Å². The molecule has 1 aromatic heterocycles. The van der Waals surface area contributed by atoms with Crippen LogP contribution < -0.4 is 5.32 Å². The Kier molecular flexibility index (Phi) is 6.29. The molecule has 1 aromatic rings. The minimum atomic E-state index is 0.0546. The van der Waals surface area contributed by atoms with Gasteiger partial charge in [-0.05, 0) is 31.7 Å². The fraction of sp³-hybridized carbons (Fsp3) is 0.737. The Morgan fingerprint density at radius 2 is 2.12 bits per heavy atom. The van der Waals surface area contributed by atoms with E-state index in [9.17, 15) is 4.79 Å². The predicted octanol–water partition coefficient (Wildman–Crippen LogP) is 2.59. The minimum Gasteiger partial charge on any atom is -0.339 e. The highest BCUT2D eigenvalue weighted by molar-refractivity contribution is 5.74. The number of likely N-dealkylation sites (tertiary alicyclic amines) is 2. The molecule has 3 rings (SSSR count). The summed E-state index contributed by atoms with van der Waals surface area (Å²) in [6, 6.07) is 0.0546. The van der Waals surface area contributed by atoms with Crippen molar-refractivity contribution in [2.45, 2.75) is 44.9 Å². The number of piperidine rings is 1. The largest absolute Gasteiger partial charge is 0.339 e. The van der Waals surface area contributed by atoms with Gasteiger partial charge in [-0.15, -0.1) is 6.58 Å². The number of rotatable bonds is 6. The van der Waals surface area contributed by atoms with Gasteiger partial charge in [0.15, 0.2) is 5.82 Å². The molecule has 144 valence electrons. The first-order valence-electron chi connectivity index (χ1n) is 9.76. The summed E-state index contributed by atoms with van der Waals surface area (Å²) >= 11 is 0. The summed E-state index contributed by atoms with van der Waals surface area (Å²) in [6.45, 7) is 13.2. The van der Waals surface area contributed by atoms with E-state index in [-0.39, 0.29) is 17.9 Å². The molecule has 2 fully saturated rings. The number of carbonyl (C=O) groups is 1. The SMILES string of the molecule is C=CCN1CCC(CNC(=O)N2CCC(c3nc(C(C)C)no3)CC2)C1. The first-order valence-corrected chi connectivity index (χ1v) is 9.76. The summed E-state index contributed by atoms with van der Waals surface area (Å²) < 4.78 is 5.41. The van der Waals surface area contributed by atoms with Gasteiger partial charge in [-0.2, -0.15) is 4.98 Å². The first-order chi connectivity index (χ1) is 12.6. The Morgan fingerprint density at radius 3 is 2.77 bits per heavy atom. The Balaban J connectivity index is 1.40. The van der Waals surface area contributed by atoms with Gasteiger partial charge in [0.1, 0.15) is 0 Å². The molecule has 2 saturated heterocycles. The van der Waals surface area contributed by atoms with Crippen LogP contribution in [0, 0.1) is 5.92 Å². The molecule has 0 aliphatic carbocycles. The molecule has 0 aromatic carbocycles. The van der Waals surface area contributed by atoms with Gasteiger partial charge in [0, 0.05) is 44.6 Å². The predicted molar refractivity (Wildman–Crippen MR) is 100 cm³/mol. The molecule has 0 radical (unpaired) electrons. The zero-order valence-electron chi connectivity index (χ0n) is 16.0. The van der Waals surface area contributed by atoms with Crippen LogP contribution in [0.2, 0.25) is 0 Å². The average molecular weight is 361 g/mol. The molecule has 7 heteroatoms. The van der Waals surface area contributed by atoms with E-state index in [2.05, 4.69) is 40.8 Å². The quantitative estimate of drug-likeness (QED) is 0.788. The molecule has 0 saturated carbocycles. The molecule has 1 unspecified atom stereocenters. The zero-order valence-corrected chi connectivity index (χ0v) is 16.0. The van der Waals surface area contributed by atoms with Crippen molar-refractivity contribution < 1.29 is 9.32 Å². The van der Waals surface area contributed by atoms with E-state index < -0.39 is 0 Å². The second-order valence-electron chi connectivity index (χ2n) is 7.80. The number of carbonyl (C=O) groups excluding carboxylic acids is 1. The molecular formula is C19H31N5O2. The standard InChI is InChI=1S/C19H31N5O2/c1-4-8-23-9-5-15(13-23)12-20-19(25)24-10-6-16(7-11-24)18-21-17(14(2)3)22-26-18/h4,14-16H,1,5-13H2,2-3H3,(H,20,25). The Bertz CT molecular complexity index is 607. The third-order valence-corrected chi connectivity index (χ3v) is 5.40. The maximum absolute atomic E-state index is 12.4. The Hall–Kier alpha value is -1.89. The van der Waals surface area contributed by atoms with Crippen molar-refractivity contribution in [3.8, 4) is 0 Å². The zero-order chi connectivity index (χ0) is 18.5. The van der Waals surface area contributed by atoms with Crippen molar-refractivity contribution in [2.75, 3.05) is 39.3 Å². The molecule has 2 aliphatic heterocycles.